The standard InChI is InChI=1S/C36H36ClF2N5O4.C35H32ClF2N5O5.C35H33ClF2N4O5/c1-8-27(46)42-17-25-35(47)41(7)34-33(43(25)16-19(42)4)21-15-22(37)28(29-23(38)12-10-14-26(29)45)30(39)32(21)44(36(34)48)31-20(18(2)3)11-9-13-24(31)40(5)6;1-6-25(45)41-15-23-34(47)40(5)32-31(42(23)14-17(41)4)20-13-21(36)26(27-22(37)11-8-12-24(27)44)28(38)30(20)43(35(32)48)29-18(16(2)3)9-7-10-19(29)33(39)46;1-6-26(45)40-15-24-34(46)39(5)33-32(41(24)14-18(40)4)21-13-22(36)27(28-23(37)11-8-12-25(28)44)29(38)31(21)42(35(33)47)30-19(16-43)9-7-10-20(30)17(2)3/h8-15,18-19,25,45H,1,16-17H2,2-7H3;6-13,16-17,23,44H,1,14-15H2,2-5H3,(H2,39,46);6-13,17-18,24,43-44H,1,14-16H2,2-5H3. The number of piperazine rings is 3. The molecular weight excluding hydrogens is 1910 g/mol. The van der Waals surface area contributed by atoms with E-state index < -0.39 is 169 Å². The molecule has 7 amide bonds. The summed E-state index contributed by atoms with van der Waals surface area (Å²) in [4.78, 5) is 153. The predicted molar refractivity (Wildman–Crippen MR) is 543 cm³/mol. The second-order valence-electron chi connectivity index (χ2n) is 37.3. The number of nitrogens with zero attached hydrogens (tertiary/aromatic N) is 13. The second kappa shape index (κ2) is 38.5. The summed E-state index contributed by atoms with van der Waals surface area (Å²) in [5.74, 6) is -11.7. The Morgan fingerprint density at radius 1 is 0.413 bits per heavy atom. The van der Waals surface area contributed by atoms with E-state index in [4.69, 9.17) is 40.5 Å². The smallest absolute Gasteiger partial charge is 0.281 e. The zero-order chi connectivity index (χ0) is 104. The van der Waals surface area contributed by atoms with Gasteiger partial charge in [-0.05, 0) is 140 Å². The fraction of sp³-hybridized carbons (Fsp3) is 0.283. The minimum Gasteiger partial charge on any atom is -0.507 e. The van der Waals surface area contributed by atoms with Gasteiger partial charge in [0.2, 0.25) is 17.7 Å². The number of amides is 7. The van der Waals surface area contributed by atoms with E-state index in [1.165, 1.54) is 118 Å². The number of anilines is 7. The van der Waals surface area contributed by atoms with E-state index in [-0.39, 0.29) is 174 Å². The summed E-state index contributed by atoms with van der Waals surface area (Å²) in [7, 11) is 7.94. The molecule has 742 valence electrons. The number of hydrogen-bond donors (Lipinski definition) is 5. The van der Waals surface area contributed by atoms with Crippen LogP contribution in [0, 0.1) is 34.9 Å². The number of primary amides is 1. The summed E-state index contributed by atoms with van der Waals surface area (Å²) in [5, 5.41) is 42.2. The molecule has 12 aromatic rings. The van der Waals surface area contributed by atoms with Gasteiger partial charge in [0, 0.05) is 111 Å². The molecule has 0 spiro atoms. The molecule has 0 radical (unpaired) electrons. The number of fused-ring (bicyclic) bond motifs is 15. The zero-order valence-corrected chi connectivity index (χ0v) is 82.6. The number of aromatic nitrogens is 3. The quantitative estimate of drug-likeness (QED) is 0.0470. The number of likely N-dealkylation sites (N-methyl/N-ethyl adjacent to an activating group) is 3. The monoisotopic (exact) mass is 2010 g/mol. The number of phenols is 3. The summed E-state index contributed by atoms with van der Waals surface area (Å²) in [5.41, 5.74) is 3.55. The van der Waals surface area contributed by atoms with Crippen molar-refractivity contribution in [1.29, 1.82) is 0 Å². The highest BCUT2D eigenvalue weighted by Crippen LogP contribution is 2.54. The Labute approximate surface area is 831 Å². The number of para-hydroxylation sites is 3. The van der Waals surface area contributed by atoms with Crippen molar-refractivity contribution >= 4 is 149 Å². The number of aliphatic hydroxyl groups is 1. The predicted octanol–water partition coefficient (Wildman–Crippen LogP) is 16.6. The minimum atomic E-state index is -1.16. The Hall–Kier alpha value is -14.9. The summed E-state index contributed by atoms with van der Waals surface area (Å²) < 4.78 is 102. The lowest BCUT2D eigenvalue weighted by Crippen LogP contribution is -2.66. The average Bonchev–Trinajstić information content (AvgIpc) is 0.703. The first-order valence-corrected chi connectivity index (χ1v) is 47.0. The minimum absolute atomic E-state index is 0.0115. The third-order valence-corrected chi connectivity index (χ3v) is 28.5. The van der Waals surface area contributed by atoms with Crippen LogP contribution in [-0.4, -0.2) is 201 Å². The fourth-order valence-corrected chi connectivity index (χ4v) is 21.7. The van der Waals surface area contributed by atoms with E-state index >= 15 is 31.1 Å². The number of hydrogen-bond acceptors (Lipinski definition) is 18. The Kier molecular flexibility index (Phi) is 27.2. The molecule has 0 bridgehead atoms. The van der Waals surface area contributed by atoms with Gasteiger partial charge in [0.1, 0.15) is 69.9 Å². The van der Waals surface area contributed by atoms with E-state index in [0.29, 0.717) is 28.1 Å². The molecule has 0 saturated carbocycles. The number of nitrogens with two attached hydrogens (primary N) is 1. The highest BCUT2D eigenvalue weighted by atomic mass is 35.5. The first-order valence-electron chi connectivity index (χ1n) is 45.9. The summed E-state index contributed by atoms with van der Waals surface area (Å²) in [6.07, 6.45) is 3.52. The first kappa shape index (κ1) is 101. The van der Waals surface area contributed by atoms with Gasteiger partial charge in [0.25, 0.3) is 40.3 Å². The maximum Gasteiger partial charge on any atom is 0.281 e. The van der Waals surface area contributed by atoms with Gasteiger partial charge in [-0.1, -0.05) is 157 Å². The van der Waals surface area contributed by atoms with Crippen LogP contribution in [0.4, 0.5) is 66.2 Å². The van der Waals surface area contributed by atoms with Crippen LogP contribution in [0.2, 0.25) is 15.1 Å². The third kappa shape index (κ3) is 16.3. The van der Waals surface area contributed by atoms with E-state index in [9.17, 15) is 63.6 Å². The molecule has 6 atom stereocenters. The van der Waals surface area contributed by atoms with Crippen LogP contribution in [0.25, 0.3) is 83.2 Å². The Balaban J connectivity index is 0.000000154. The number of halogens is 9. The van der Waals surface area contributed by atoms with Gasteiger partial charge >= 0.3 is 0 Å². The van der Waals surface area contributed by atoms with Crippen LogP contribution >= 0.6 is 34.8 Å². The highest BCUT2D eigenvalue weighted by Gasteiger charge is 2.52. The maximum absolute atomic E-state index is 17.5. The fourth-order valence-electron chi connectivity index (χ4n) is 20.9. The normalized spacial score (nSPS) is 17.6. The lowest BCUT2D eigenvalue weighted by atomic mass is 9.93. The second-order valence-corrected chi connectivity index (χ2v) is 38.5. The number of phenolic OH excluding ortho intramolecular Hbond substituents is 3. The van der Waals surface area contributed by atoms with E-state index in [1.54, 1.807) is 88.8 Å². The van der Waals surface area contributed by atoms with Crippen molar-refractivity contribution in [1.82, 2.24) is 28.4 Å². The van der Waals surface area contributed by atoms with Crippen LogP contribution in [0.1, 0.15) is 113 Å². The van der Waals surface area contributed by atoms with Gasteiger partial charge in [-0.3, -0.25) is 61.6 Å². The number of benzene rings is 9. The Bertz CT molecular complexity index is 7630. The van der Waals surface area contributed by atoms with Gasteiger partial charge in [-0.25, -0.2) is 26.3 Å². The molecule has 143 heavy (non-hydrogen) atoms. The molecule has 18 rings (SSSR count). The van der Waals surface area contributed by atoms with Crippen LogP contribution in [0.5, 0.6) is 17.2 Å². The van der Waals surface area contributed by atoms with Gasteiger partial charge in [0.15, 0.2) is 17.5 Å². The molecule has 9 heterocycles. The van der Waals surface area contributed by atoms with Crippen molar-refractivity contribution in [3.8, 4) is 67.7 Å². The molecule has 9 aromatic carbocycles. The Morgan fingerprint density at radius 3 is 0.993 bits per heavy atom. The number of aromatic hydroxyl groups is 3. The molecule has 6 unspecified atom stereocenters. The Morgan fingerprint density at radius 2 is 0.699 bits per heavy atom. The molecule has 6 N–H and O–H groups in total. The van der Waals surface area contributed by atoms with Crippen LogP contribution in [-0.2, 0) is 35.4 Å². The summed E-state index contributed by atoms with van der Waals surface area (Å²) in [6.45, 7) is 27.2. The molecule has 0 aliphatic carbocycles. The summed E-state index contributed by atoms with van der Waals surface area (Å²) >= 11 is 20.3. The third-order valence-electron chi connectivity index (χ3n) is 27.7. The molecule has 37 heteroatoms. The number of rotatable bonds is 15. The van der Waals surface area contributed by atoms with Gasteiger partial charge in [-0.2, -0.15) is 0 Å². The van der Waals surface area contributed by atoms with Gasteiger partial charge in [-0.15, -0.1) is 0 Å². The maximum atomic E-state index is 17.5. The van der Waals surface area contributed by atoms with Crippen molar-refractivity contribution in [2.24, 2.45) is 5.73 Å². The molecule has 6 aliphatic heterocycles. The SMILES string of the molecule is C=CC(=O)N1CC2C(=O)N(C)c3c(c4cc(Cl)c(-c5c(O)cccc5F)c(F)c4n(-c4c(C(C)C)cccc4N(C)C)c3=O)N2CC1C.C=CC(=O)N1CC2C(=O)N(C)c3c(c4cc(Cl)c(-c5c(O)cccc5F)c(F)c4n(-c4c(C(N)=O)cccc4C(C)C)c3=O)N2CC1C.C=CC(=O)N1CC2C(=O)N(C)c3c(c4cc(Cl)c(-c5c(O)cccc5F)c(F)c4n(-c4c(CO)cccc4C(C)C)c3=O)N2CC1C. The van der Waals surface area contributed by atoms with Crippen molar-refractivity contribution in [2.75, 3.05) is 109 Å². The highest BCUT2D eigenvalue weighted by molar-refractivity contribution is 6.36. The van der Waals surface area contributed by atoms with Crippen molar-refractivity contribution in [3.05, 3.63) is 274 Å². The van der Waals surface area contributed by atoms with Crippen molar-refractivity contribution < 1.29 is 80.3 Å². The molecule has 3 fully saturated rings. The van der Waals surface area contributed by atoms with Crippen LogP contribution < -0.4 is 56.7 Å². The van der Waals surface area contributed by atoms with E-state index in [2.05, 4.69) is 19.7 Å². The van der Waals surface area contributed by atoms with Gasteiger partial charge in [0.05, 0.1) is 120 Å². The van der Waals surface area contributed by atoms with Crippen LogP contribution in [0.3, 0.4) is 0 Å². The van der Waals surface area contributed by atoms with Gasteiger partial charge < -0.3 is 75.2 Å². The van der Waals surface area contributed by atoms with Crippen molar-refractivity contribution in [3.63, 3.8) is 0 Å². The van der Waals surface area contributed by atoms with E-state index in [0.717, 1.165) is 43.9 Å². The first-order chi connectivity index (χ1) is 67.7. The van der Waals surface area contributed by atoms with Crippen molar-refractivity contribution in [2.45, 2.75) is 123 Å². The molecule has 3 aromatic heterocycles. The summed E-state index contributed by atoms with van der Waals surface area (Å²) in [6, 6.07) is 26.0. The molecule has 6 aliphatic rings. The van der Waals surface area contributed by atoms with Crippen LogP contribution in [0.15, 0.2) is 180 Å². The number of carbonyl (C=O) groups excluding carboxylic acids is 7. The topological polar surface area (TPSA) is 325 Å². The molecule has 28 nitrogen and oxygen atoms in total. The average molecular weight is 2020 g/mol. The molecular formula is C106H101Cl3F6N14O14. The zero-order valence-electron chi connectivity index (χ0n) is 80.3. The number of carbonyl (C=O) groups is 7. The number of pyridine rings is 3. The number of aliphatic hydroxyl groups excluding tert-OH is 1. The lowest BCUT2D eigenvalue weighted by molar-refractivity contribution is -0.132. The largest absolute Gasteiger partial charge is 0.507 e. The molecule has 3 saturated heterocycles. The van der Waals surface area contributed by atoms with E-state index in [1.807, 2.05) is 60.6 Å². The lowest BCUT2D eigenvalue weighted by Gasteiger charge is -2.50.